The Morgan fingerprint density at radius 1 is 0.219 bits per heavy atom. The third-order valence-electron chi connectivity index (χ3n) is 18.7. The Morgan fingerprint density at radius 3 is 0.635 bits per heavy atom. The van der Waals surface area contributed by atoms with Gasteiger partial charge in [0.1, 0.15) is 47.7 Å². The first-order valence-corrected chi connectivity index (χ1v) is 35.3. The van der Waals surface area contributed by atoms with Crippen LogP contribution in [0, 0.1) is 0 Å². The van der Waals surface area contributed by atoms with Crippen molar-refractivity contribution in [2.24, 2.45) is 0 Å². The molecule has 0 radical (unpaired) electrons. The van der Waals surface area contributed by atoms with E-state index in [1.165, 1.54) is 87.2 Å². The topological polar surface area (TPSA) is 75.1 Å². The molecule has 4 aromatic heterocycles. The zero-order valence-electron chi connectivity index (χ0n) is 54.2. The first kappa shape index (κ1) is 62.0. The van der Waals surface area contributed by atoms with Gasteiger partial charge in [-0.15, -0.1) is 0 Å². The number of ether oxygens (including phenoxy) is 6. The molecule has 15 rings (SSSR count). The molecule has 0 aliphatic carbocycles. The Kier molecular flexibility index (Phi) is 18.9. The number of aromatic nitrogens is 4. The molecule has 96 heavy (non-hydrogen) atoms. The summed E-state index contributed by atoms with van der Waals surface area (Å²) in [7, 11) is 0. The smallest absolute Gasteiger partial charge is 0.123 e. The van der Waals surface area contributed by atoms with Crippen molar-refractivity contribution in [3.63, 3.8) is 0 Å². The van der Waals surface area contributed by atoms with Crippen LogP contribution in [0.3, 0.4) is 0 Å². The quantitative estimate of drug-likeness (QED) is 0.0318. The summed E-state index contributed by atoms with van der Waals surface area (Å²) in [5, 5.41) is 11.0. The number of para-hydroxylation sites is 8. The molecule has 0 saturated heterocycles. The van der Waals surface area contributed by atoms with Gasteiger partial charge in [-0.05, 0) is 153 Å². The molecule has 0 aliphatic heterocycles. The van der Waals surface area contributed by atoms with Gasteiger partial charge in [-0.2, -0.15) is 0 Å². The third-order valence-corrected chi connectivity index (χ3v) is 19.3. The molecule has 0 N–H and O–H groups in total. The average molecular weight is 1330 g/mol. The number of halogens is 1. The largest absolute Gasteiger partial charge is 0.493 e. The van der Waals surface area contributed by atoms with Crippen molar-refractivity contribution in [1.29, 1.82) is 0 Å². The van der Waals surface area contributed by atoms with Crippen LogP contribution in [0.1, 0.15) is 68.1 Å². The van der Waals surface area contributed by atoms with Crippen LogP contribution in [-0.4, -0.2) is 44.7 Å². The van der Waals surface area contributed by atoms with Crippen molar-refractivity contribution >= 4 is 103 Å². The van der Waals surface area contributed by atoms with Crippen molar-refractivity contribution < 1.29 is 28.4 Å². The van der Waals surface area contributed by atoms with Gasteiger partial charge >= 0.3 is 0 Å². The van der Waals surface area contributed by atoms with Gasteiger partial charge in [0.15, 0.2) is 0 Å². The minimum atomic E-state index is 0.303. The molecule has 0 atom stereocenters. The molecule has 0 unspecified atom stereocenters. The van der Waals surface area contributed by atoms with Crippen LogP contribution < -0.4 is 28.4 Å². The van der Waals surface area contributed by atoms with E-state index >= 15 is 0 Å². The van der Waals surface area contributed by atoms with Crippen LogP contribution in [0.15, 0.2) is 249 Å². The van der Waals surface area contributed by atoms with Crippen molar-refractivity contribution in [2.75, 3.05) is 26.4 Å². The van der Waals surface area contributed by atoms with Crippen molar-refractivity contribution in [3.05, 3.63) is 265 Å². The number of hydrogen-bond acceptors (Lipinski definition) is 6. The molecule has 0 amide bonds. The van der Waals surface area contributed by atoms with E-state index in [4.69, 9.17) is 28.4 Å². The summed E-state index contributed by atoms with van der Waals surface area (Å²) < 4.78 is 49.5. The van der Waals surface area contributed by atoms with Gasteiger partial charge in [0.2, 0.25) is 0 Å². The van der Waals surface area contributed by atoms with Crippen LogP contribution >= 0.6 is 15.9 Å². The number of aryl methyl sites for hydroxylation is 4. The molecule has 0 bridgehead atoms. The lowest BCUT2D eigenvalue weighted by Crippen LogP contribution is -2.05. The summed E-state index contributed by atoms with van der Waals surface area (Å²) in [6, 6.07) is 88.2. The molecule has 15 aromatic rings. The van der Waals surface area contributed by atoms with E-state index in [9.17, 15) is 0 Å². The molecular weight excluding hydrogens is 1250 g/mol. The maximum absolute atomic E-state index is 6.68. The lowest BCUT2D eigenvalue weighted by Gasteiger charge is -2.16. The molecular formula is C85H79BrN4O6. The van der Waals surface area contributed by atoms with Crippen LogP contribution in [0.2, 0.25) is 0 Å². The van der Waals surface area contributed by atoms with E-state index in [-0.39, 0.29) is 0 Å². The van der Waals surface area contributed by atoms with Gasteiger partial charge in [0.05, 0.1) is 26.4 Å². The first-order valence-electron chi connectivity index (χ1n) is 34.2. The van der Waals surface area contributed by atoms with Crippen LogP contribution in [0.4, 0.5) is 0 Å². The summed E-state index contributed by atoms with van der Waals surface area (Å²) in [6.45, 7) is 6.53. The summed E-state index contributed by atoms with van der Waals surface area (Å²) in [5.41, 5.74) is 13.1. The van der Waals surface area contributed by atoms with Crippen molar-refractivity contribution in [1.82, 2.24) is 18.3 Å². The highest BCUT2D eigenvalue weighted by Crippen LogP contribution is 2.36. The van der Waals surface area contributed by atoms with Gasteiger partial charge in [-0.3, -0.25) is 0 Å². The highest BCUT2D eigenvalue weighted by Gasteiger charge is 2.16. The zero-order chi connectivity index (χ0) is 64.4. The Balaban J connectivity index is 0.613. The fourth-order valence-electron chi connectivity index (χ4n) is 14.2. The standard InChI is InChI=1S/C85H79BrN4O6/c86-58-61-49-68(95-59-62-51-64(91-45-21-17-41-87-78-33-9-1-25-70(78)71-26-2-10-34-79(71)87)55-65(52-62)92-46-22-18-42-88-80-35-11-3-27-72(80)73-28-4-12-36-81(73)88)57-69(50-61)96-60-63-53-66(93-47-23-19-43-89-82-37-13-5-29-74(82)75-30-6-14-38-83(75)89)56-67(54-63)94-48-24-20-44-90-84-39-15-7-31-76(84)77-32-8-16-40-85(77)90/h1-16,25-40,49-57H,17-24,41-48,58-60H2. The number of hydrogen-bond donors (Lipinski definition) is 0. The molecule has 0 aliphatic rings. The van der Waals surface area contributed by atoms with E-state index < -0.39 is 0 Å². The number of alkyl halides is 1. The SMILES string of the molecule is BrCc1cc(OCc2cc(OCCCCn3c4ccccc4c4ccccc43)cc(OCCCCn3c4ccccc4c4ccccc43)c2)cc(OCc2cc(OCCCCn3c4ccccc4c4ccccc43)cc(OCCCCn3c4ccccc4c4ccccc43)c2)c1. The maximum atomic E-state index is 6.68. The molecule has 4 heterocycles. The van der Waals surface area contributed by atoms with E-state index in [2.05, 4.69) is 265 Å². The second-order valence-corrected chi connectivity index (χ2v) is 25.7. The predicted molar refractivity (Wildman–Crippen MR) is 397 cm³/mol. The third kappa shape index (κ3) is 13.6. The highest BCUT2D eigenvalue weighted by atomic mass is 79.9. The first-order chi connectivity index (χ1) is 47.6. The normalized spacial score (nSPS) is 11.8. The van der Waals surface area contributed by atoms with Crippen LogP contribution in [-0.2, 0) is 44.7 Å². The molecule has 10 nitrogen and oxygen atoms in total. The van der Waals surface area contributed by atoms with Gasteiger partial charge in [0.25, 0.3) is 0 Å². The van der Waals surface area contributed by atoms with Gasteiger partial charge in [-0.25, -0.2) is 0 Å². The van der Waals surface area contributed by atoms with Crippen molar-refractivity contribution in [2.45, 2.75) is 96.1 Å². The number of rotatable bonds is 31. The van der Waals surface area contributed by atoms with E-state index in [0.717, 1.165) is 117 Å². The molecule has 11 aromatic carbocycles. The van der Waals surface area contributed by atoms with Gasteiger partial charge < -0.3 is 46.7 Å². The van der Waals surface area contributed by atoms with Gasteiger partial charge in [-0.1, -0.05) is 162 Å². The highest BCUT2D eigenvalue weighted by molar-refractivity contribution is 9.08. The minimum absolute atomic E-state index is 0.303. The predicted octanol–water partition coefficient (Wildman–Crippen LogP) is 21.6. The lowest BCUT2D eigenvalue weighted by atomic mass is 10.2. The maximum Gasteiger partial charge on any atom is 0.123 e. The Bertz CT molecular complexity index is 4380. The molecule has 0 saturated carbocycles. The molecule has 0 spiro atoms. The van der Waals surface area contributed by atoms with E-state index in [1.807, 2.05) is 18.2 Å². The molecule has 0 fully saturated rings. The summed E-state index contributed by atoms with van der Waals surface area (Å²) in [4.78, 5) is 0. The van der Waals surface area contributed by atoms with Crippen molar-refractivity contribution in [3.8, 4) is 34.5 Å². The second kappa shape index (κ2) is 29.3. The Morgan fingerprint density at radius 2 is 0.417 bits per heavy atom. The number of benzene rings is 11. The fourth-order valence-corrected chi connectivity index (χ4v) is 14.5. The summed E-state index contributed by atoms with van der Waals surface area (Å²) in [5.74, 6) is 4.46. The minimum Gasteiger partial charge on any atom is -0.493 e. The second-order valence-electron chi connectivity index (χ2n) is 25.1. The zero-order valence-corrected chi connectivity index (χ0v) is 55.8. The Hall–Kier alpha value is -10.1. The number of nitrogens with zero attached hydrogens (tertiary/aromatic N) is 4. The van der Waals surface area contributed by atoms with E-state index in [0.29, 0.717) is 56.5 Å². The number of unbranched alkanes of at least 4 members (excludes halogenated alkanes) is 4. The van der Waals surface area contributed by atoms with E-state index in [1.54, 1.807) is 0 Å². The number of fused-ring (bicyclic) bond motifs is 12. The van der Waals surface area contributed by atoms with Crippen LogP contribution in [0.5, 0.6) is 34.5 Å². The molecule has 482 valence electrons. The summed E-state index contributed by atoms with van der Waals surface area (Å²) in [6.07, 6.45) is 7.47. The monoisotopic (exact) mass is 1330 g/mol. The van der Waals surface area contributed by atoms with Crippen LogP contribution in [0.25, 0.3) is 87.2 Å². The molecule has 11 heteroatoms. The van der Waals surface area contributed by atoms with Gasteiger partial charge in [0, 0.05) is 137 Å². The summed E-state index contributed by atoms with van der Waals surface area (Å²) >= 11 is 3.74. The fraction of sp³-hybridized carbons (Fsp3) is 0.224. The lowest BCUT2D eigenvalue weighted by molar-refractivity contribution is 0.276. The average Bonchev–Trinajstić information content (AvgIpc) is 1.65. The Labute approximate surface area is 568 Å².